The zero-order valence-corrected chi connectivity index (χ0v) is 17.6. The van der Waals surface area contributed by atoms with Gasteiger partial charge < -0.3 is 0 Å². The molecule has 1 aromatic carbocycles. The van der Waals surface area contributed by atoms with Crippen molar-refractivity contribution in [3.63, 3.8) is 0 Å². The van der Waals surface area contributed by atoms with Gasteiger partial charge in [-0.15, -0.1) is 5.10 Å². The van der Waals surface area contributed by atoms with Crippen molar-refractivity contribution in [1.82, 2.24) is 20.0 Å². The van der Waals surface area contributed by atoms with Crippen molar-refractivity contribution in [3.8, 4) is 11.3 Å². The molecule has 2 aromatic heterocycles. The first-order valence-corrected chi connectivity index (χ1v) is 9.69. The summed E-state index contributed by atoms with van der Waals surface area (Å²) in [7, 11) is 1.41. The number of aromatic nitrogens is 4. The van der Waals surface area contributed by atoms with E-state index in [-0.39, 0.29) is 29.9 Å². The van der Waals surface area contributed by atoms with Crippen LogP contribution in [0.15, 0.2) is 30.5 Å². The minimum atomic E-state index is -4.60. The number of aryl methyl sites for hydroxylation is 3. The lowest BCUT2D eigenvalue weighted by Gasteiger charge is -2.08. The van der Waals surface area contributed by atoms with Gasteiger partial charge in [0.1, 0.15) is 5.78 Å². The summed E-state index contributed by atoms with van der Waals surface area (Å²) in [6.07, 6.45) is -2.63. The van der Waals surface area contributed by atoms with Crippen LogP contribution in [0.5, 0.6) is 0 Å². The molecule has 0 amide bonds. The molecule has 0 aliphatic rings. The maximum Gasteiger partial charge on any atom is 0.435 e. The Kier molecular flexibility index (Phi) is 6.47. The van der Waals surface area contributed by atoms with Crippen LogP contribution in [0.25, 0.3) is 11.3 Å². The van der Waals surface area contributed by atoms with E-state index in [1.807, 2.05) is 0 Å². The maximum absolute atomic E-state index is 13.2. The Bertz CT molecular complexity index is 1080. The van der Waals surface area contributed by atoms with Crippen molar-refractivity contribution in [2.24, 2.45) is 7.05 Å². The highest BCUT2D eigenvalue weighted by atomic mass is 35.5. The Labute approximate surface area is 180 Å². The van der Waals surface area contributed by atoms with Crippen molar-refractivity contribution < 1.29 is 18.0 Å². The lowest BCUT2D eigenvalue weighted by atomic mass is 10.0. The highest BCUT2D eigenvalue weighted by Crippen LogP contribution is 2.36. The number of benzene rings is 1. The van der Waals surface area contributed by atoms with Gasteiger partial charge in [-0.05, 0) is 48.7 Å². The molecule has 0 bridgehead atoms. The quantitative estimate of drug-likeness (QED) is 0.507. The van der Waals surface area contributed by atoms with Gasteiger partial charge >= 0.3 is 6.18 Å². The summed E-state index contributed by atoms with van der Waals surface area (Å²) in [5.41, 5.74) is 0.727. The van der Waals surface area contributed by atoms with E-state index < -0.39 is 11.9 Å². The normalized spacial score (nSPS) is 11.7. The molecule has 0 radical (unpaired) electrons. The molecule has 0 N–H and O–H groups in total. The first-order chi connectivity index (χ1) is 14.0. The molecule has 0 saturated heterocycles. The first kappa shape index (κ1) is 22.2. The fraction of sp³-hybridized carbons (Fsp3) is 0.300. The summed E-state index contributed by atoms with van der Waals surface area (Å²) in [5.74, 6) is -0.0384. The Morgan fingerprint density at radius 2 is 1.77 bits per heavy atom. The highest BCUT2D eigenvalue weighted by molar-refractivity contribution is 6.34. The summed E-state index contributed by atoms with van der Waals surface area (Å²) in [6, 6.07) is 6.58. The average molecular weight is 457 g/mol. The number of rotatable bonds is 6. The number of alkyl halides is 3. The third kappa shape index (κ3) is 5.37. The van der Waals surface area contributed by atoms with E-state index in [1.165, 1.54) is 13.2 Å². The molecule has 0 spiro atoms. The van der Waals surface area contributed by atoms with Gasteiger partial charge in [0.15, 0.2) is 5.69 Å². The van der Waals surface area contributed by atoms with E-state index in [2.05, 4.69) is 15.3 Å². The molecule has 3 rings (SSSR count). The molecule has 30 heavy (non-hydrogen) atoms. The molecule has 0 saturated carbocycles. The van der Waals surface area contributed by atoms with Crippen LogP contribution in [0.1, 0.15) is 28.9 Å². The zero-order valence-electron chi connectivity index (χ0n) is 16.1. The molecule has 2 heterocycles. The number of halogens is 5. The molecule has 0 aliphatic heterocycles. The fourth-order valence-corrected chi connectivity index (χ4v) is 3.67. The van der Waals surface area contributed by atoms with Gasteiger partial charge in [0.2, 0.25) is 0 Å². The lowest BCUT2D eigenvalue weighted by Crippen LogP contribution is -2.10. The van der Waals surface area contributed by atoms with Crippen molar-refractivity contribution in [3.05, 3.63) is 63.0 Å². The molecule has 3 aromatic rings. The van der Waals surface area contributed by atoms with E-state index in [1.54, 1.807) is 31.2 Å². The second kappa shape index (κ2) is 8.73. The number of ketones is 1. The number of hydrogen-bond donors (Lipinski definition) is 0. The van der Waals surface area contributed by atoms with Crippen molar-refractivity contribution in [2.75, 3.05) is 0 Å². The second-order valence-corrected chi connectivity index (χ2v) is 7.80. The van der Waals surface area contributed by atoms with Gasteiger partial charge in [-0.25, -0.2) is 0 Å². The third-order valence-electron chi connectivity index (χ3n) is 4.37. The summed E-state index contributed by atoms with van der Waals surface area (Å²) < 4.78 is 40.7. The summed E-state index contributed by atoms with van der Waals surface area (Å²) in [4.78, 5) is 12.3. The number of carbonyl (C=O) groups excluding carboxylic acids is 1. The SMILES string of the molecule is Cc1cc(CCC(=O)Cc2cc(Cl)cc(Cl)c2)nnc1-c1cn(C)nc1C(F)(F)F. The van der Waals surface area contributed by atoms with Crippen molar-refractivity contribution in [2.45, 2.75) is 32.4 Å². The van der Waals surface area contributed by atoms with Gasteiger partial charge in [-0.1, -0.05) is 23.2 Å². The zero-order chi connectivity index (χ0) is 22.1. The molecule has 0 unspecified atom stereocenters. The van der Waals surface area contributed by atoms with Crippen molar-refractivity contribution >= 4 is 29.0 Å². The predicted molar refractivity (Wildman–Crippen MR) is 107 cm³/mol. The highest BCUT2D eigenvalue weighted by Gasteiger charge is 2.38. The minimum Gasteiger partial charge on any atom is -0.299 e. The van der Waals surface area contributed by atoms with Crippen LogP contribution in [0.4, 0.5) is 13.2 Å². The Balaban J connectivity index is 1.71. The molecular formula is C20H17Cl2F3N4O. The van der Waals surface area contributed by atoms with E-state index >= 15 is 0 Å². The predicted octanol–water partition coefficient (Wildman–Crippen LogP) is 5.26. The molecule has 0 fully saturated rings. The minimum absolute atomic E-state index is 0.0384. The van der Waals surface area contributed by atoms with Crippen molar-refractivity contribution in [1.29, 1.82) is 0 Å². The van der Waals surface area contributed by atoms with Crippen LogP contribution >= 0.6 is 23.2 Å². The topological polar surface area (TPSA) is 60.7 Å². The molecule has 0 atom stereocenters. The molecule has 158 valence electrons. The number of nitrogens with zero attached hydrogens (tertiary/aromatic N) is 4. The summed E-state index contributed by atoms with van der Waals surface area (Å²) >= 11 is 11.9. The first-order valence-electron chi connectivity index (χ1n) is 8.94. The smallest absolute Gasteiger partial charge is 0.299 e. The van der Waals surface area contributed by atoms with E-state index in [0.29, 0.717) is 33.3 Å². The number of Topliss-reactive ketones (excluding diaryl/α,β-unsaturated/α-hetero) is 1. The Hall–Kier alpha value is -2.45. The van der Waals surface area contributed by atoms with Gasteiger partial charge in [0.25, 0.3) is 0 Å². The second-order valence-electron chi connectivity index (χ2n) is 6.92. The maximum atomic E-state index is 13.2. The van der Waals surface area contributed by atoms with E-state index in [4.69, 9.17) is 23.2 Å². The van der Waals surface area contributed by atoms with E-state index in [9.17, 15) is 18.0 Å². The van der Waals surface area contributed by atoms with Crippen LogP contribution < -0.4 is 0 Å². The van der Waals surface area contributed by atoms with Crippen LogP contribution in [0.2, 0.25) is 10.0 Å². The van der Waals surface area contributed by atoms with Crippen LogP contribution in [-0.4, -0.2) is 25.8 Å². The monoisotopic (exact) mass is 456 g/mol. The fourth-order valence-electron chi connectivity index (χ4n) is 3.10. The van der Waals surface area contributed by atoms with Gasteiger partial charge in [-0.2, -0.15) is 23.4 Å². The van der Waals surface area contributed by atoms with Crippen LogP contribution in [0.3, 0.4) is 0 Å². The van der Waals surface area contributed by atoms with E-state index in [0.717, 1.165) is 4.68 Å². The summed E-state index contributed by atoms with van der Waals surface area (Å²) in [5, 5.41) is 12.4. The van der Waals surface area contributed by atoms with Crippen LogP contribution in [-0.2, 0) is 30.9 Å². The number of carbonyl (C=O) groups is 1. The number of hydrogen-bond acceptors (Lipinski definition) is 4. The molecule has 10 heteroatoms. The van der Waals surface area contributed by atoms with Gasteiger partial charge in [0.05, 0.1) is 17.0 Å². The van der Waals surface area contributed by atoms with Crippen LogP contribution in [0, 0.1) is 6.92 Å². The average Bonchev–Trinajstić information content (AvgIpc) is 3.01. The van der Waals surface area contributed by atoms with Gasteiger partial charge in [0, 0.05) is 36.1 Å². The Morgan fingerprint density at radius 3 is 2.37 bits per heavy atom. The molecule has 0 aliphatic carbocycles. The largest absolute Gasteiger partial charge is 0.435 e. The van der Waals surface area contributed by atoms with Gasteiger partial charge in [-0.3, -0.25) is 9.48 Å². The summed E-state index contributed by atoms with van der Waals surface area (Å²) in [6.45, 7) is 1.65. The lowest BCUT2D eigenvalue weighted by molar-refractivity contribution is -0.141. The third-order valence-corrected chi connectivity index (χ3v) is 4.81. The standard InChI is InChI=1S/C20H17Cl2F3N4O/c1-11-5-15(3-4-16(30)8-12-6-13(21)9-14(22)7-12)26-27-18(11)17-10-29(2)28-19(17)20(23,24)25/h5-7,9-10H,3-4,8H2,1-2H3. The Morgan fingerprint density at radius 1 is 1.10 bits per heavy atom. The molecule has 5 nitrogen and oxygen atoms in total. The molecular weight excluding hydrogens is 440 g/mol.